The molecule has 0 bridgehead atoms. The van der Waals surface area contributed by atoms with Crippen molar-refractivity contribution in [1.82, 2.24) is 0 Å². The van der Waals surface area contributed by atoms with Crippen LogP contribution >= 0.6 is 0 Å². The van der Waals surface area contributed by atoms with Gasteiger partial charge in [0, 0.05) is 12.5 Å². The van der Waals surface area contributed by atoms with Crippen molar-refractivity contribution < 1.29 is 9.50 Å². The Balaban J connectivity index is 1.89. The fraction of sp³-hybridized carbons (Fsp3) is 0.600. The fourth-order valence-corrected chi connectivity index (χ4v) is 2.83. The first kappa shape index (κ1) is 12.6. The molecule has 1 saturated carbocycles. The lowest BCUT2D eigenvalue weighted by Crippen LogP contribution is -2.06. The standard InChI is InChI=1S/C15H21FO/c16-15-9-7-13(8-10-15)14(11-17)6-5-12-3-1-2-4-12/h7-10,12,14,17H,1-6,11H2. The molecule has 2 heteroatoms. The van der Waals surface area contributed by atoms with Crippen molar-refractivity contribution in [2.45, 2.75) is 44.4 Å². The van der Waals surface area contributed by atoms with Gasteiger partial charge in [0.2, 0.25) is 0 Å². The number of hydrogen-bond acceptors (Lipinski definition) is 1. The van der Waals surface area contributed by atoms with Crippen molar-refractivity contribution in [1.29, 1.82) is 0 Å². The van der Waals surface area contributed by atoms with Crippen LogP contribution < -0.4 is 0 Å². The van der Waals surface area contributed by atoms with E-state index in [2.05, 4.69) is 0 Å². The Hall–Kier alpha value is -0.890. The molecule has 1 fully saturated rings. The van der Waals surface area contributed by atoms with Crippen LogP contribution in [0.15, 0.2) is 24.3 Å². The molecule has 0 radical (unpaired) electrons. The fourth-order valence-electron chi connectivity index (χ4n) is 2.83. The van der Waals surface area contributed by atoms with Crippen LogP contribution in [0.1, 0.15) is 50.0 Å². The lowest BCUT2D eigenvalue weighted by atomic mass is 9.90. The Kier molecular flexibility index (Phi) is 4.55. The number of rotatable bonds is 5. The number of aliphatic hydroxyl groups excluding tert-OH is 1. The van der Waals surface area contributed by atoms with Crippen molar-refractivity contribution in [3.8, 4) is 0 Å². The molecule has 0 aromatic heterocycles. The zero-order valence-corrected chi connectivity index (χ0v) is 10.2. The molecule has 1 unspecified atom stereocenters. The van der Waals surface area contributed by atoms with Crippen LogP contribution in [0.3, 0.4) is 0 Å². The summed E-state index contributed by atoms with van der Waals surface area (Å²) in [7, 11) is 0. The van der Waals surface area contributed by atoms with Crippen LogP contribution in [0.5, 0.6) is 0 Å². The number of halogens is 1. The summed E-state index contributed by atoms with van der Waals surface area (Å²) in [5, 5.41) is 9.43. The van der Waals surface area contributed by atoms with E-state index in [-0.39, 0.29) is 18.3 Å². The minimum absolute atomic E-state index is 0.165. The van der Waals surface area contributed by atoms with Gasteiger partial charge < -0.3 is 5.11 Å². The summed E-state index contributed by atoms with van der Waals surface area (Å²) in [4.78, 5) is 0. The predicted octanol–water partition coefficient (Wildman–Crippen LogP) is 3.87. The molecule has 1 atom stereocenters. The van der Waals surface area contributed by atoms with E-state index in [1.165, 1.54) is 44.2 Å². The molecule has 1 N–H and O–H groups in total. The zero-order chi connectivity index (χ0) is 12.1. The Morgan fingerprint density at radius 3 is 2.41 bits per heavy atom. The van der Waals surface area contributed by atoms with Gasteiger partial charge in [0.1, 0.15) is 5.82 Å². The van der Waals surface area contributed by atoms with E-state index < -0.39 is 0 Å². The third-order valence-corrected chi connectivity index (χ3v) is 3.96. The van der Waals surface area contributed by atoms with E-state index in [4.69, 9.17) is 0 Å². The summed E-state index contributed by atoms with van der Waals surface area (Å²) < 4.78 is 12.8. The molecule has 1 aliphatic carbocycles. The monoisotopic (exact) mass is 236 g/mol. The molecule has 0 saturated heterocycles. The highest BCUT2D eigenvalue weighted by Crippen LogP contribution is 2.32. The molecular formula is C15H21FO. The first-order valence-corrected chi connectivity index (χ1v) is 6.66. The minimum Gasteiger partial charge on any atom is -0.396 e. The van der Waals surface area contributed by atoms with Gasteiger partial charge in [-0.1, -0.05) is 37.8 Å². The molecule has 1 aromatic carbocycles. The van der Waals surface area contributed by atoms with E-state index in [0.717, 1.165) is 17.9 Å². The van der Waals surface area contributed by atoms with E-state index >= 15 is 0 Å². The van der Waals surface area contributed by atoms with Crippen LogP contribution in [0, 0.1) is 11.7 Å². The van der Waals surface area contributed by atoms with E-state index in [0.29, 0.717) is 0 Å². The van der Waals surface area contributed by atoms with Crippen LogP contribution in [0.4, 0.5) is 4.39 Å². The lowest BCUT2D eigenvalue weighted by Gasteiger charge is -2.17. The maximum absolute atomic E-state index is 12.8. The molecule has 94 valence electrons. The van der Waals surface area contributed by atoms with Gasteiger partial charge in [0.25, 0.3) is 0 Å². The van der Waals surface area contributed by atoms with Gasteiger partial charge in [0.05, 0.1) is 0 Å². The van der Waals surface area contributed by atoms with Crippen molar-refractivity contribution in [3.05, 3.63) is 35.6 Å². The van der Waals surface area contributed by atoms with Gasteiger partial charge in [-0.3, -0.25) is 0 Å². The molecule has 0 spiro atoms. The molecule has 1 aliphatic rings. The molecule has 0 aliphatic heterocycles. The van der Waals surface area contributed by atoms with Crippen LogP contribution in [0.25, 0.3) is 0 Å². The predicted molar refractivity (Wildman–Crippen MR) is 67.4 cm³/mol. The van der Waals surface area contributed by atoms with Crippen molar-refractivity contribution in [2.75, 3.05) is 6.61 Å². The molecule has 0 heterocycles. The van der Waals surface area contributed by atoms with Gasteiger partial charge in [-0.25, -0.2) is 4.39 Å². The number of hydrogen-bond donors (Lipinski definition) is 1. The van der Waals surface area contributed by atoms with E-state index in [1.54, 1.807) is 12.1 Å². The second-order valence-corrected chi connectivity index (χ2v) is 5.16. The summed E-state index contributed by atoms with van der Waals surface area (Å²) in [5.41, 5.74) is 1.06. The third kappa shape index (κ3) is 3.53. The highest BCUT2D eigenvalue weighted by Gasteiger charge is 2.18. The molecule has 17 heavy (non-hydrogen) atoms. The van der Waals surface area contributed by atoms with Crippen molar-refractivity contribution in [2.24, 2.45) is 5.92 Å². The Bertz CT molecular complexity index is 327. The van der Waals surface area contributed by atoms with Gasteiger partial charge >= 0.3 is 0 Å². The SMILES string of the molecule is OCC(CCC1CCCC1)c1ccc(F)cc1. The number of aliphatic hydroxyl groups is 1. The Labute approximate surface area is 103 Å². The summed E-state index contributed by atoms with van der Waals surface area (Å²) in [6.07, 6.45) is 7.65. The molecular weight excluding hydrogens is 215 g/mol. The second kappa shape index (κ2) is 6.15. The first-order chi connectivity index (χ1) is 8.29. The largest absolute Gasteiger partial charge is 0.396 e. The van der Waals surface area contributed by atoms with Crippen LogP contribution in [-0.2, 0) is 0 Å². The normalized spacial score (nSPS) is 18.5. The first-order valence-electron chi connectivity index (χ1n) is 6.66. The Morgan fingerprint density at radius 2 is 1.82 bits per heavy atom. The van der Waals surface area contributed by atoms with E-state index in [1.807, 2.05) is 0 Å². The maximum atomic E-state index is 12.8. The maximum Gasteiger partial charge on any atom is 0.123 e. The van der Waals surface area contributed by atoms with Crippen LogP contribution in [-0.4, -0.2) is 11.7 Å². The number of benzene rings is 1. The summed E-state index contributed by atoms with van der Waals surface area (Å²) in [6, 6.07) is 6.55. The zero-order valence-electron chi connectivity index (χ0n) is 10.2. The van der Waals surface area contributed by atoms with Gasteiger partial charge in [0.15, 0.2) is 0 Å². The average Bonchev–Trinajstić information content (AvgIpc) is 2.85. The molecule has 1 aromatic rings. The van der Waals surface area contributed by atoms with Gasteiger partial charge in [-0.15, -0.1) is 0 Å². The highest BCUT2D eigenvalue weighted by atomic mass is 19.1. The second-order valence-electron chi connectivity index (χ2n) is 5.16. The molecule has 1 nitrogen and oxygen atoms in total. The average molecular weight is 236 g/mol. The molecule has 2 rings (SSSR count). The third-order valence-electron chi connectivity index (χ3n) is 3.96. The molecule has 0 amide bonds. The summed E-state index contributed by atoms with van der Waals surface area (Å²) in [5.74, 6) is 0.821. The smallest absolute Gasteiger partial charge is 0.123 e. The topological polar surface area (TPSA) is 20.2 Å². The quantitative estimate of drug-likeness (QED) is 0.822. The lowest BCUT2D eigenvalue weighted by molar-refractivity contribution is 0.251. The highest BCUT2D eigenvalue weighted by molar-refractivity contribution is 5.20. The minimum atomic E-state index is -0.207. The van der Waals surface area contributed by atoms with Crippen molar-refractivity contribution in [3.63, 3.8) is 0 Å². The van der Waals surface area contributed by atoms with Crippen molar-refractivity contribution >= 4 is 0 Å². The summed E-state index contributed by atoms with van der Waals surface area (Å²) >= 11 is 0. The van der Waals surface area contributed by atoms with E-state index in [9.17, 15) is 9.50 Å². The summed E-state index contributed by atoms with van der Waals surface area (Å²) in [6.45, 7) is 0.165. The van der Waals surface area contributed by atoms with Gasteiger partial charge in [-0.2, -0.15) is 0 Å². The van der Waals surface area contributed by atoms with Gasteiger partial charge in [-0.05, 0) is 36.5 Å². The van der Waals surface area contributed by atoms with Crippen LogP contribution in [0.2, 0.25) is 0 Å². The Morgan fingerprint density at radius 1 is 1.18 bits per heavy atom.